The summed E-state index contributed by atoms with van der Waals surface area (Å²) in [7, 11) is 0. The summed E-state index contributed by atoms with van der Waals surface area (Å²) in [6.07, 6.45) is 2.06. The van der Waals surface area contributed by atoms with Gasteiger partial charge in [0.1, 0.15) is 5.75 Å². The zero-order valence-corrected chi connectivity index (χ0v) is 24.9. The average molecular weight is 536 g/mol. The minimum atomic E-state index is -0.395. The summed E-state index contributed by atoms with van der Waals surface area (Å²) in [5.74, 6) is -0.451. The minimum Gasteiger partial charge on any atom is -0.494 e. The minimum absolute atomic E-state index is 0.00741. The predicted molar refractivity (Wildman–Crippen MR) is 160 cm³/mol. The van der Waals surface area contributed by atoms with E-state index in [1.807, 2.05) is 24.3 Å². The maximum absolute atomic E-state index is 14.2. The molecule has 4 aliphatic rings. The highest BCUT2D eigenvalue weighted by molar-refractivity contribution is 6.23. The van der Waals surface area contributed by atoms with Crippen molar-refractivity contribution in [3.63, 3.8) is 0 Å². The molecule has 40 heavy (non-hydrogen) atoms. The Bertz CT molecular complexity index is 1400. The first-order chi connectivity index (χ1) is 18.9. The third-order valence-corrected chi connectivity index (χ3v) is 9.22. The lowest BCUT2D eigenvalue weighted by Gasteiger charge is -2.47. The van der Waals surface area contributed by atoms with Crippen LogP contribution in [0.25, 0.3) is 0 Å². The van der Waals surface area contributed by atoms with Gasteiger partial charge in [-0.1, -0.05) is 91.3 Å². The topological polar surface area (TPSA) is 46.6 Å². The van der Waals surface area contributed by atoms with E-state index in [1.54, 1.807) is 0 Å². The van der Waals surface area contributed by atoms with E-state index in [9.17, 15) is 9.59 Å². The van der Waals surface area contributed by atoms with Crippen LogP contribution in [0.3, 0.4) is 0 Å². The van der Waals surface area contributed by atoms with Crippen molar-refractivity contribution in [3.8, 4) is 5.75 Å². The highest BCUT2D eigenvalue weighted by Crippen LogP contribution is 2.62. The third kappa shape index (κ3) is 4.10. The number of amides is 2. The molecule has 2 amide bonds. The second-order valence-corrected chi connectivity index (χ2v) is 13.9. The van der Waals surface area contributed by atoms with E-state index >= 15 is 0 Å². The molecule has 3 aliphatic carbocycles. The molecule has 1 aliphatic heterocycles. The van der Waals surface area contributed by atoms with Crippen LogP contribution in [0.15, 0.2) is 60.7 Å². The second kappa shape index (κ2) is 9.33. The average Bonchev–Trinajstić information content (AvgIpc) is 3.18. The normalized spacial score (nSPS) is 23.2. The smallest absolute Gasteiger partial charge is 0.238 e. The van der Waals surface area contributed by atoms with Gasteiger partial charge in [-0.2, -0.15) is 0 Å². The molecule has 208 valence electrons. The SMILES string of the molecule is CCCCOc1ccc(N2C(=O)[C@@H]3[C@@H]4c5cc(C(C)(C)C)ccc5[C@@H](c5cc(C(C)(C)C)ccc54)[C@@H]3C2=O)cc1. The van der Waals surface area contributed by atoms with Gasteiger partial charge in [0.25, 0.3) is 0 Å². The van der Waals surface area contributed by atoms with Crippen molar-refractivity contribution in [1.82, 2.24) is 0 Å². The second-order valence-electron chi connectivity index (χ2n) is 13.9. The Morgan fingerprint density at radius 2 is 1.15 bits per heavy atom. The zero-order valence-electron chi connectivity index (χ0n) is 24.9. The van der Waals surface area contributed by atoms with E-state index in [-0.39, 0.29) is 34.5 Å². The molecule has 0 aromatic heterocycles. The molecule has 1 fully saturated rings. The van der Waals surface area contributed by atoms with E-state index in [4.69, 9.17) is 4.74 Å². The van der Waals surface area contributed by atoms with Crippen molar-refractivity contribution in [2.45, 2.75) is 84.0 Å². The molecule has 0 N–H and O–H groups in total. The number of unbranched alkanes of at least 4 members (excludes halogenated alkanes) is 1. The number of carbonyl (C=O) groups excluding carboxylic acids is 2. The Morgan fingerprint density at radius 1 is 0.675 bits per heavy atom. The molecule has 1 heterocycles. The van der Waals surface area contributed by atoms with Crippen molar-refractivity contribution < 1.29 is 14.3 Å². The fourth-order valence-corrected chi connectivity index (χ4v) is 6.99. The maximum atomic E-state index is 14.2. The van der Waals surface area contributed by atoms with Crippen LogP contribution in [0.2, 0.25) is 0 Å². The Balaban J connectivity index is 1.46. The van der Waals surface area contributed by atoms with Gasteiger partial charge >= 0.3 is 0 Å². The van der Waals surface area contributed by atoms with E-state index in [0.717, 1.165) is 18.6 Å². The van der Waals surface area contributed by atoms with Gasteiger partial charge in [-0.05, 0) is 74.9 Å². The molecule has 3 aromatic carbocycles. The Labute approximate surface area is 238 Å². The van der Waals surface area contributed by atoms with Crippen LogP contribution in [-0.4, -0.2) is 18.4 Å². The summed E-state index contributed by atoms with van der Waals surface area (Å²) in [5.41, 5.74) is 7.99. The van der Waals surface area contributed by atoms with Gasteiger partial charge in [0.2, 0.25) is 11.8 Å². The molecular formula is C36H41NO3. The first-order valence-corrected chi connectivity index (χ1v) is 14.8. The van der Waals surface area contributed by atoms with Crippen molar-refractivity contribution in [1.29, 1.82) is 0 Å². The number of nitrogens with zero attached hydrogens (tertiary/aromatic N) is 1. The first kappa shape index (κ1) is 26.8. The summed E-state index contributed by atoms with van der Waals surface area (Å²) in [6.45, 7) is 16.2. The molecular weight excluding hydrogens is 494 g/mol. The molecule has 3 aromatic rings. The van der Waals surface area contributed by atoms with Gasteiger partial charge in [0.15, 0.2) is 0 Å². The Hall–Kier alpha value is -3.40. The van der Waals surface area contributed by atoms with Crippen molar-refractivity contribution in [2.75, 3.05) is 11.5 Å². The molecule has 4 nitrogen and oxygen atoms in total. The fourth-order valence-electron chi connectivity index (χ4n) is 6.99. The molecule has 7 rings (SSSR count). The summed E-state index contributed by atoms with van der Waals surface area (Å²) in [4.78, 5) is 29.9. The highest BCUT2D eigenvalue weighted by atomic mass is 16.5. The monoisotopic (exact) mass is 535 g/mol. The molecule has 2 bridgehead atoms. The number of hydrogen-bond donors (Lipinski definition) is 0. The lowest BCUT2D eigenvalue weighted by molar-refractivity contribution is -0.122. The van der Waals surface area contributed by atoms with Crippen LogP contribution in [0, 0.1) is 11.8 Å². The van der Waals surface area contributed by atoms with E-state index in [1.165, 1.54) is 38.3 Å². The van der Waals surface area contributed by atoms with Crippen LogP contribution in [0.1, 0.15) is 107 Å². The number of carbonyl (C=O) groups is 2. The number of rotatable bonds is 5. The van der Waals surface area contributed by atoms with Gasteiger partial charge in [-0.3, -0.25) is 9.59 Å². The zero-order chi connectivity index (χ0) is 28.6. The van der Waals surface area contributed by atoms with E-state index in [0.29, 0.717) is 12.3 Å². The lowest BCUT2D eigenvalue weighted by Crippen LogP contribution is -2.42. The van der Waals surface area contributed by atoms with Gasteiger partial charge in [0.05, 0.1) is 24.1 Å². The third-order valence-electron chi connectivity index (χ3n) is 9.22. The largest absolute Gasteiger partial charge is 0.494 e. The predicted octanol–water partition coefficient (Wildman–Crippen LogP) is 7.86. The molecule has 0 radical (unpaired) electrons. The molecule has 4 heteroatoms. The van der Waals surface area contributed by atoms with Crippen LogP contribution in [0.4, 0.5) is 5.69 Å². The number of hydrogen-bond acceptors (Lipinski definition) is 3. The van der Waals surface area contributed by atoms with Crippen molar-refractivity contribution in [3.05, 3.63) is 94.0 Å². The molecule has 0 saturated carbocycles. The van der Waals surface area contributed by atoms with E-state index < -0.39 is 11.8 Å². The number of ether oxygens (including phenoxy) is 1. The fraction of sp³-hybridized carbons (Fsp3) is 0.444. The Morgan fingerprint density at radius 3 is 1.57 bits per heavy atom. The van der Waals surface area contributed by atoms with E-state index in [2.05, 4.69) is 84.9 Å². The molecule has 1 saturated heterocycles. The van der Waals surface area contributed by atoms with Gasteiger partial charge in [-0.15, -0.1) is 0 Å². The maximum Gasteiger partial charge on any atom is 0.238 e. The lowest BCUT2D eigenvalue weighted by atomic mass is 9.54. The number of benzene rings is 3. The van der Waals surface area contributed by atoms with Crippen LogP contribution in [-0.2, 0) is 20.4 Å². The summed E-state index contributed by atoms with van der Waals surface area (Å²) in [5, 5.41) is 0. The quantitative estimate of drug-likeness (QED) is 0.247. The molecule has 0 unspecified atom stereocenters. The Kier molecular flexibility index (Phi) is 6.25. The van der Waals surface area contributed by atoms with Crippen molar-refractivity contribution >= 4 is 17.5 Å². The molecule has 0 spiro atoms. The van der Waals surface area contributed by atoms with Gasteiger partial charge in [0, 0.05) is 11.8 Å². The summed E-state index contributed by atoms with van der Waals surface area (Å²) in [6, 6.07) is 21.0. The summed E-state index contributed by atoms with van der Waals surface area (Å²) < 4.78 is 5.83. The van der Waals surface area contributed by atoms with Gasteiger partial charge in [-0.25, -0.2) is 4.90 Å². The van der Waals surface area contributed by atoms with Gasteiger partial charge < -0.3 is 4.74 Å². The van der Waals surface area contributed by atoms with Crippen LogP contribution < -0.4 is 9.64 Å². The standard InChI is InChI=1S/C36H41NO3/c1-8-9-18-40-24-14-12-23(13-15-24)37-33(38)31-29-26-17-11-22(36(5,6)7)20-28(26)30(32(31)34(37)39)25-16-10-21(19-27(25)29)35(2,3)4/h10-17,19-20,29-32H,8-9,18H2,1-7H3/t29-,30-,31-,32+/m0/s1. The van der Waals surface area contributed by atoms with Crippen molar-refractivity contribution in [2.24, 2.45) is 11.8 Å². The van der Waals surface area contributed by atoms with Crippen LogP contribution >= 0.6 is 0 Å². The number of imide groups is 1. The number of anilines is 1. The first-order valence-electron chi connectivity index (χ1n) is 14.8. The molecule has 4 atom stereocenters. The van der Waals surface area contributed by atoms with Crippen LogP contribution in [0.5, 0.6) is 5.75 Å². The summed E-state index contributed by atoms with van der Waals surface area (Å²) >= 11 is 0. The highest BCUT2D eigenvalue weighted by Gasteiger charge is 2.62.